The molecule has 0 aliphatic rings. The van der Waals surface area contributed by atoms with Gasteiger partial charge in [0.15, 0.2) is 6.10 Å². The van der Waals surface area contributed by atoms with Crippen LogP contribution in [0.3, 0.4) is 0 Å². The van der Waals surface area contributed by atoms with E-state index in [1.165, 1.54) is 0 Å². The molecule has 0 aromatic rings. The SMILES string of the molecule is CC/C=C\C/C=C\C/C=C\C/C=C\C/C=C\C/C=C\CCC(=O)OCC(COC(=O)CC/C=C\C/C=C\C/C=C\C/C=C\CC)OC(=O)CCCCC/C=C\C/C=C\C/C=C\C/C=C\C/C=C\CC. The van der Waals surface area contributed by atoms with Gasteiger partial charge in [0.05, 0.1) is 0 Å². The average molecular weight is 945 g/mol. The van der Waals surface area contributed by atoms with Crippen molar-refractivity contribution in [3.63, 3.8) is 0 Å². The van der Waals surface area contributed by atoms with Crippen molar-refractivity contribution in [1.29, 1.82) is 0 Å². The zero-order valence-corrected chi connectivity index (χ0v) is 43.2. The molecule has 0 aliphatic heterocycles. The monoisotopic (exact) mass is 945 g/mol. The van der Waals surface area contributed by atoms with Crippen LogP contribution in [0.15, 0.2) is 182 Å². The van der Waals surface area contributed by atoms with Gasteiger partial charge in [-0.3, -0.25) is 14.4 Å². The summed E-state index contributed by atoms with van der Waals surface area (Å²) in [7, 11) is 0. The largest absolute Gasteiger partial charge is 0.462 e. The molecule has 0 saturated heterocycles. The first-order valence-electron chi connectivity index (χ1n) is 26.3. The number of carbonyl (C=O) groups excluding carboxylic acids is 3. The Morgan fingerprint density at radius 3 is 0.841 bits per heavy atom. The van der Waals surface area contributed by atoms with E-state index in [9.17, 15) is 14.4 Å². The standard InChI is InChI=1S/C63H92O6/c1-4-7-10-13-16-19-22-25-27-29-31-33-35-38-41-44-47-50-53-56-62(65)68-59-60(58-67-61(64)55-52-49-46-43-40-37-24-21-18-15-12-9-6-3)69-63(66)57-54-51-48-45-42-39-36-34-32-30-28-26-23-20-17-14-11-8-5-2/h7-12,16-21,25-28,31-34,37-42,46-47,49-50,60H,4-6,13-15,22-24,29-30,35-36,43-45,48,51-59H2,1-3H3/b10-7-,11-8-,12-9-,19-16-,20-17-,21-18-,27-25-,28-26-,33-31-,34-32-,40-37-,41-38-,42-39-,49-46-,50-47-. The van der Waals surface area contributed by atoms with Gasteiger partial charge in [-0.05, 0) is 128 Å². The highest BCUT2D eigenvalue weighted by Gasteiger charge is 2.19. The molecule has 6 heteroatoms. The minimum Gasteiger partial charge on any atom is -0.462 e. The van der Waals surface area contributed by atoms with Crippen LogP contribution >= 0.6 is 0 Å². The van der Waals surface area contributed by atoms with Crippen LogP contribution < -0.4 is 0 Å². The van der Waals surface area contributed by atoms with Crippen LogP contribution in [0, 0.1) is 0 Å². The molecular weight excluding hydrogens is 853 g/mol. The smallest absolute Gasteiger partial charge is 0.306 e. The van der Waals surface area contributed by atoms with E-state index in [0.29, 0.717) is 19.3 Å². The van der Waals surface area contributed by atoms with Gasteiger partial charge in [-0.15, -0.1) is 0 Å². The highest BCUT2D eigenvalue weighted by molar-refractivity contribution is 5.71. The normalized spacial score (nSPS) is 13.6. The molecule has 69 heavy (non-hydrogen) atoms. The van der Waals surface area contributed by atoms with E-state index < -0.39 is 18.0 Å². The summed E-state index contributed by atoms with van der Waals surface area (Å²) in [5.74, 6) is -1.17. The van der Waals surface area contributed by atoms with Crippen LogP contribution in [0.4, 0.5) is 0 Å². The van der Waals surface area contributed by atoms with Crippen molar-refractivity contribution in [3.05, 3.63) is 182 Å². The second-order valence-electron chi connectivity index (χ2n) is 16.3. The molecule has 0 heterocycles. The minimum absolute atomic E-state index is 0.163. The van der Waals surface area contributed by atoms with Crippen LogP contribution in [-0.4, -0.2) is 37.2 Å². The Balaban J connectivity index is 4.68. The van der Waals surface area contributed by atoms with E-state index >= 15 is 0 Å². The first-order chi connectivity index (χ1) is 34.0. The van der Waals surface area contributed by atoms with E-state index in [0.717, 1.165) is 116 Å². The third kappa shape index (κ3) is 53.3. The van der Waals surface area contributed by atoms with Crippen LogP contribution in [0.2, 0.25) is 0 Å². The van der Waals surface area contributed by atoms with E-state index in [1.807, 2.05) is 24.3 Å². The van der Waals surface area contributed by atoms with Gasteiger partial charge in [0.2, 0.25) is 0 Å². The highest BCUT2D eigenvalue weighted by atomic mass is 16.6. The number of esters is 3. The Morgan fingerprint density at radius 2 is 0.551 bits per heavy atom. The maximum Gasteiger partial charge on any atom is 0.306 e. The molecule has 0 spiro atoms. The summed E-state index contributed by atoms with van der Waals surface area (Å²) in [6.07, 6.45) is 83.3. The fourth-order valence-electron chi connectivity index (χ4n) is 6.09. The van der Waals surface area contributed by atoms with Gasteiger partial charge in [0, 0.05) is 19.3 Å². The second-order valence-corrected chi connectivity index (χ2v) is 16.3. The Labute approximate surface area is 421 Å². The van der Waals surface area contributed by atoms with Crippen LogP contribution in [0.1, 0.15) is 175 Å². The number of hydrogen-bond donors (Lipinski definition) is 0. The number of ether oxygens (including phenoxy) is 3. The Morgan fingerprint density at radius 1 is 0.290 bits per heavy atom. The summed E-state index contributed by atoms with van der Waals surface area (Å²) in [6, 6.07) is 0. The summed E-state index contributed by atoms with van der Waals surface area (Å²) in [5, 5.41) is 0. The van der Waals surface area contributed by atoms with Crippen molar-refractivity contribution in [2.24, 2.45) is 0 Å². The summed E-state index contributed by atoms with van der Waals surface area (Å²) in [4.78, 5) is 38.0. The predicted molar refractivity (Wildman–Crippen MR) is 297 cm³/mol. The first-order valence-corrected chi connectivity index (χ1v) is 26.3. The molecule has 0 saturated carbocycles. The third-order valence-corrected chi connectivity index (χ3v) is 9.91. The number of hydrogen-bond acceptors (Lipinski definition) is 6. The lowest BCUT2D eigenvalue weighted by atomic mass is 10.1. The molecule has 6 nitrogen and oxygen atoms in total. The number of unbranched alkanes of at least 4 members (excludes halogenated alkanes) is 3. The van der Waals surface area contributed by atoms with Gasteiger partial charge in [0.1, 0.15) is 13.2 Å². The van der Waals surface area contributed by atoms with Gasteiger partial charge in [-0.25, -0.2) is 0 Å². The van der Waals surface area contributed by atoms with Gasteiger partial charge in [-0.1, -0.05) is 209 Å². The Kier molecular flexibility index (Phi) is 50.7. The molecule has 0 aromatic carbocycles. The van der Waals surface area contributed by atoms with Crippen LogP contribution in [0.25, 0.3) is 0 Å². The van der Waals surface area contributed by atoms with E-state index in [-0.39, 0.29) is 38.4 Å². The number of carbonyl (C=O) groups is 3. The molecule has 0 fully saturated rings. The minimum atomic E-state index is -0.866. The van der Waals surface area contributed by atoms with Gasteiger partial charge >= 0.3 is 17.9 Å². The summed E-state index contributed by atoms with van der Waals surface area (Å²) < 4.78 is 16.6. The maximum absolute atomic E-state index is 12.8. The zero-order chi connectivity index (χ0) is 50.0. The molecule has 0 aromatic heterocycles. The molecule has 1 atom stereocenters. The van der Waals surface area contributed by atoms with Gasteiger partial charge in [-0.2, -0.15) is 0 Å². The first kappa shape index (κ1) is 63.5. The van der Waals surface area contributed by atoms with Gasteiger partial charge < -0.3 is 14.2 Å². The van der Waals surface area contributed by atoms with E-state index in [4.69, 9.17) is 14.2 Å². The topological polar surface area (TPSA) is 78.9 Å². The van der Waals surface area contributed by atoms with E-state index in [2.05, 4.69) is 179 Å². The Hall–Kier alpha value is -5.49. The molecule has 1 unspecified atom stereocenters. The molecule has 380 valence electrons. The molecule has 0 bridgehead atoms. The summed E-state index contributed by atoms with van der Waals surface area (Å²) in [6.45, 7) is 6.10. The second kappa shape index (κ2) is 55.1. The molecule has 0 amide bonds. The van der Waals surface area contributed by atoms with Crippen molar-refractivity contribution >= 4 is 17.9 Å². The lowest BCUT2D eigenvalue weighted by Gasteiger charge is -2.18. The highest BCUT2D eigenvalue weighted by Crippen LogP contribution is 2.09. The summed E-state index contributed by atoms with van der Waals surface area (Å²) in [5.41, 5.74) is 0. The van der Waals surface area contributed by atoms with Crippen LogP contribution in [0.5, 0.6) is 0 Å². The molecular formula is C63H92O6. The number of allylic oxidation sites excluding steroid dienone is 30. The number of rotatable bonds is 44. The molecule has 0 N–H and O–H groups in total. The summed E-state index contributed by atoms with van der Waals surface area (Å²) >= 11 is 0. The fourth-order valence-corrected chi connectivity index (χ4v) is 6.09. The molecule has 0 aliphatic carbocycles. The molecule has 0 rings (SSSR count). The quantitative estimate of drug-likeness (QED) is 0.0262. The lowest BCUT2D eigenvalue weighted by Crippen LogP contribution is -2.30. The predicted octanol–water partition coefficient (Wildman–Crippen LogP) is 17.7. The van der Waals surface area contributed by atoms with Crippen LogP contribution in [-0.2, 0) is 28.6 Å². The average Bonchev–Trinajstić information content (AvgIpc) is 3.35. The van der Waals surface area contributed by atoms with Crippen molar-refractivity contribution in [2.45, 2.75) is 181 Å². The van der Waals surface area contributed by atoms with E-state index in [1.54, 1.807) is 0 Å². The van der Waals surface area contributed by atoms with Crippen molar-refractivity contribution in [1.82, 2.24) is 0 Å². The van der Waals surface area contributed by atoms with Gasteiger partial charge in [0.25, 0.3) is 0 Å². The zero-order valence-electron chi connectivity index (χ0n) is 43.2. The third-order valence-electron chi connectivity index (χ3n) is 9.91. The fraction of sp³-hybridized carbons (Fsp3) is 0.476. The van der Waals surface area contributed by atoms with Crippen molar-refractivity contribution in [2.75, 3.05) is 13.2 Å². The van der Waals surface area contributed by atoms with Crippen molar-refractivity contribution < 1.29 is 28.6 Å². The lowest BCUT2D eigenvalue weighted by molar-refractivity contribution is -0.166. The maximum atomic E-state index is 12.8. The van der Waals surface area contributed by atoms with Crippen molar-refractivity contribution in [3.8, 4) is 0 Å². The molecule has 0 radical (unpaired) electrons. The Bertz CT molecular complexity index is 1700.